The lowest BCUT2D eigenvalue weighted by Crippen LogP contribution is -2.06. The van der Waals surface area contributed by atoms with Crippen LogP contribution in [0.5, 0.6) is 23.0 Å². The molecule has 0 aliphatic heterocycles. The second kappa shape index (κ2) is 9.56. The third-order valence-corrected chi connectivity index (χ3v) is 3.49. The largest absolute Gasteiger partial charge is 0.489 e. The van der Waals surface area contributed by atoms with Gasteiger partial charge in [0.2, 0.25) is 0 Å². The molecular formula is C18H15Cl3O4. The van der Waals surface area contributed by atoms with Gasteiger partial charge in [0.25, 0.3) is 0 Å². The van der Waals surface area contributed by atoms with E-state index in [1.807, 2.05) is 0 Å². The summed E-state index contributed by atoms with van der Waals surface area (Å²) >= 11 is 17.2. The molecule has 2 aromatic rings. The van der Waals surface area contributed by atoms with Gasteiger partial charge in [0.1, 0.15) is 40.7 Å². The Hall–Kier alpha value is -1.88. The molecule has 25 heavy (non-hydrogen) atoms. The summed E-state index contributed by atoms with van der Waals surface area (Å²) in [5.41, 5.74) is 0. The van der Waals surface area contributed by atoms with E-state index in [2.05, 4.69) is 0 Å². The van der Waals surface area contributed by atoms with E-state index in [1.165, 1.54) is 13.0 Å². The lowest BCUT2D eigenvalue weighted by atomic mass is 10.3. The molecule has 2 aromatic carbocycles. The second-order valence-electron chi connectivity index (χ2n) is 4.96. The number of halogens is 3. The van der Waals surface area contributed by atoms with Crippen LogP contribution in [0.1, 0.15) is 6.92 Å². The van der Waals surface area contributed by atoms with Crippen LogP contribution in [0.15, 0.2) is 53.0 Å². The van der Waals surface area contributed by atoms with Gasteiger partial charge < -0.3 is 14.2 Å². The van der Waals surface area contributed by atoms with Crippen molar-refractivity contribution in [2.24, 2.45) is 0 Å². The molecule has 0 spiro atoms. The smallest absolute Gasteiger partial charge is 0.167 e. The molecule has 2 rings (SSSR count). The molecule has 0 bridgehead atoms. The number of ether oxygens (including phenoxy) is 3. The highest BCUT2D eigenvalue weighted by Gasteiger charge is 2.06. The van der Waals surface area contributed by atoms with E-state index in [0.717, 1.165) is 0 Å². The highest BCUT2D eigenvalue weighted by molar-refractivity contribution is 6.55. The summed E-state index contributed by atoms with van der Waals surface area (Å²) in [4.78, 5) is 10.9. The number of hydrogen-bond acceptors (Lipinski definition) is 4. The fourth-order valence-electron chi connectivity index (χ4n) is 1.77. The third-order valence-electron chi connectivity index (χ3n) is 2.88. The summed E-state index contributed by atoms with van der Waals surface area (Å²) in [5.74, 6) is 2.18. The van der Waals surface area contributed by atoms with Crippen LogP contribution in [0.25, 0.3) is 0 Å². The fraction of sp³-hybridized carbons (Fsp3) is 0.167. The van der Waals surface area contributed by atoms with Crippen molar-refractivity contribution in [2.45, 2.75) is 6.92 Å². The van der Waals surface area contributed by atoms with Gasteiger partial charge in [-0.05, 0) is 49.4 Å². The van der Waals surface area contributed by atoms with E-state index in [0.29, 0.717) is 28.0 Å². The maximum Gasteiger partial charge on any atom is 0.167 e. The quantitative estimate of drug-likeness (QED) is 0.561. The minimum absolute atomic E-state index is 0.0393. The Morgan fingerprint density at radius 1 is 1.00 bits per heavy atom. The number of benzene rings is 2. The molecule has 0 radical (unpaired) electrons. The lowest BCUT2D eigenvalue weighted by Gasteiger charge is -2.10. The maximum absolute atomic E-state index is 10.9. The van der Waals surface area contributed by atoms with Crippen LogP contribution in [0, 0.1) is 0 Å². The Bertz CT molecular complexity index is 753. The molecule has 0 heterocycles. The number of hydrogen-bond donors (Lipinski definition) is 0. The van der Waals surface area contributed by atoms with E-state index in [9.17, 15) is 4.79 Å². The van der Waals surface area contributed by atoms with Crippen LogP contribution in [-0.2, 0) is 4.79 Å². The topological polar surface area (TPSA) is 44.8 Å². The summed E-state index contributed by atoms with van der Waals surface area (Å²) in [6.07, 6.45) is 1.52. The Morgan fingerprint density at radius 3 is 2.24 bits per heavy atom. The highest BCUT2D eigenvalue weighted by Crippen LogP contribution is 2.33. The van der Waals surface area contributed by atoms with Crippen LogP contribution >= 0.6 is 34.8 Å². The highest BCUT2D eigenvalue weighted by atomic mass is 35.5. The van der Waals surface area contributed by atoms with Gasteiger partial charge in [0.15, 0.2) is 5.78 Å². The first-order valence-corrected chi connectivity index (χ1v) is 8.41. The van der Waals surface area contributed by atoms with Crippen LogP contribution in [-0.4, -0.2) is 19.0 Å². The van der Waals surface area contributed by atoms with Gasteiger partial charge >= 0.3 is 0 Å². The molecule has 0 aromatic heterocycles. The number of carbonyl (C=O) groups is 1. The molecule has 0 fully saturated rings. The molecule has 0 aliphatic carbocycles. The second-order valence-corrected chi connectivity index (χ2v) is 6.38. The average molecular weight is 402 g/mol. The summed E-state index contributed by atoms with van der Waals surface area (Å²) in [6, 6.07) is 11.9. The van der Waals surface area contributed by atoms with Crippen molar-refractivity contribution in [1.29, 1.82) is 0 Å². The van der Waals surface area contributed by atoms with Crippen molar-refractivity contribution >= 4 is 40.6 Å². The zero-order valence-electron chi connectivity index (χ0n) is 13.3. The van der Waals surface area contributed by atoms with E-state index < -0.39 is 0 Å². The molecular weight excluding hydrogens is 387 g/mol. The van der Waals surface area contributed by atoms with Gasteiger partial charge in [0.05, 0.1) is 5.02 Å². The number of ketones is 1. The molecule has 132 valence electrons. The molecule has 4 nitrogen and oxygen atoms in total. The molecule has 0 unspecified atom stereocenters. The van der Waals surface area contributed by atoms with Crippen molar-refractivity contribution in [1.82, 2.24) is 0 Å². The Labute approximate surface area is 160 Å². The minimum Gasteiger partial charge on any atom is -0.489 e. The van der Waals surface area contributed by atoms with Gasteiger partial charge in [0, 0.05) is 6.07 Å². The summed E-state index contributed by atoms with van der Waals surface area (Å²) < 4.78 is 16.6. The monoisotopic (exact) mass is 400 g/mol. The van der Waals surface area contributed by atoms with Crippen molar-refractivity contribution < 1.29 is 19.0 Å². The average Bonchev–Trinajstić information content (AvgIpc) is 2.56. The maximum atomic E-state index is 10.9. The SMILES string of the molecule is CC(=O)COc1ccc(Oc2ccc(OCC=C(Cl)Cl)cc2Cl)cc1. The Morgan fingerprint density at radius 2 is 1.64 bits per heavy atom. The summed E-state index contributed by atoms with van der Waals surface area (Å²) in [5, 5.41) is 0.398. The van der Waals surface area contributed by atoms with E-state index in [-0.39, 0.29) is 23.5 Å². The number of Topliss-reactive ketones (excluding diaryl/α,β-unsaturated/α-hetero) is 1. The van der Waals surface area contributed by atoms with Crippen molar-refractivity contribution in [3.63, 3.8) is 0 Å². The number of carbonyl (C=O) groups excluding carboxylic acids is 1. The van der Waals surface area contributed by atoms with Crippen molar-refractivity contribution in [3.05, 3.63) is 58.1 Å². The normalized spacial score (nSPS) is 10.1. The summed E-state index contributed by atoms with van der Waals surface area (Å²) in [6.45, 7) is 1.74. The standard InChI is InChI=1S/C18H15Cl3O4/c1-12(22)11-24-13-2-4-14(5-3-13)25-17-7-6-15(10-16(17)19)23-9-8-18(20)21/h2-8,10H,9,11H2,1H3. The molecule has 0 aliphatic rings. The predicted molar refractivity (Wildman–Crippen MR) is 99.4 cm³/mol. The Kier molecular flexibility index (Phi) is 7.44. The van der Waals surface area contributed by atoms with E-state index in [1.54, 1.807) is 42.5 Å². The van der Waals surface area contributed by atoms with Crippen molar-refractivity contribution in [3.8, 4) is 23.0 Å². The van der Waals surface area contributed by atoms with Crippen LogP contribution in [0.2, 0.25) is 5.02 Å². The van der Waals surface area contributed by atoms with Gasteiger partial charge in [-0.15, -0.1) is 0 Å². The molecule has 0 amide bonds. The number of rotatable bonds is 8. The minimum atomic E-state index is -0.0433. The van der Waals surface area contributed by atoms with Gasteiger partial charge in [-0.2, -0.15) is 0 Å². The first-order chi connectivity index (χ1) is 11.9. The van der Waals surface area contributed by atoms with Crippen LogP contribution in [0.3, 0.4) is 0 Å². The molecule has 0 N–H and O–H groups in total. The molecule has 7 heteroatoms. The van der Waals surface area contributed by atoms with E-state index >= 15 is 0 Å². The van der Waals surface area contributed by atoms with Gasteiger partial charge in [-0.3, -0.25) is 4.79 Å². The van der Waals surface area contributed by atoms with Gasteiger partial charge in [-0.25, -0.2) is 0 Å². The van der Waals surface area contributed by atoms with Crippen LogP contribution < -0.4 is 14.2 Å². The molecule has 0 atom stereocenters. The Balaban J connectivity index is 1.97. The first kappa shape index (κ1) is 19.4. The lowest BCUT2D eigenvalue weighted by molar-refractivity contribution is -0.118. The van der Waals surface area contributed by atoms with Crippen LogP contribution in [0.4, 0.5) is 0 Å². The molecule has 0 saturated heterocycles. The van der Waals surface area contributed by atoms with Gasteiger partial charge in [-0.1, -0.05) is 34.8 Å². The van der Waals surface area contributed by atoms with Crippen molar-refractivity contribution in [2.75, 3.05) is 13.2 Å². The predicted octanol–water partition coefficient (Wildman–Crippen LogP) is 5.80. The fourth-order valence-corrected chi connectivity index (χ4v) is 2.11. The first-order valence-electron chi connectivity index (χ1n) is 7.27. The zero-order chi connectivity index (χ0) is 18.2. The molecule has 0 saturated carbocycles. The third kappa shape index (κ3) is 6.86. The zero-order valence-corrected chi connectivity index (χ0v) is 15.6. The van der Waals surface area contributed by atoms with E-state index in [4.69, 9.17) is 49.0 Å². The summed E-state index contributed by atoms with van der Waals surface area (Å²) in [7, 11) is 0.